The minimum Gasteiger partial charge on any atom is -0.468 e. The summed E-state index contributed by atoms with van der Waals surface area (Å²) in [6, 6.07) is 9.40. The lowest BCUT2D eigenvalue weighted by Gasteiger charge is -2.13. The second-order valence-corrected chi connectivity index (χ2v) is 6.27. The summed E-state index contributed by atoms with van der Waals surface area (Å²) in [5.41, 5.74) is 0.307. The van der Waals surface area contributed by atoms with Crippen molar-refractivity contribution in [3.8, 4) is 0 Å². The average molecular weight is 351 g/mol. The van der Waals surface area contributed by atoms with Gasteiger partial charge in [-0.15, -0.1) is 11.8 Å². The van der Waals surface area contributed by atoms with E-state index in [4.69, 9.17) is 0 Å². The predicted octanol–water partition coefficient (Wildman–Crippen LogP) is 3.87. The van der Waals surface area contributed by atoms with Crippen molar-refractivity contribution >= 4 is 29.3 Å². The molecular weight excluding hydrogens is 336 g/mol. The fourth-order valence-corrected chi connectivity index (χ4v) is 3.00. The zero-order valence-corrected chi connectivity index (χ0v) is 13.8. The molecule has 126 valence electrons. The zero-order valence-electron chi connectivity index (χ0n) is 13.0. The molecule has 1 amide bonds. The van der Waals surface area contributed by atoms with E-state index in [0.717, 1.165) is 30.0 Å². The lowest BCUT2D eigenvalue weighted by atomic mass is 10.2. The summed E-state index contributed by atoms with van der Waals surface area (Å²) in [7, 11) is 1.29. The summed E-state index contributed by atoms with van der Waals surface area (Å²) in [5, 5.41) is 1.94. The van der Waals surface area contributed by atoms with Gasteiger partial charge in [-0.05, 0) is 31.2 Å². The minimum absolute atomic E-state index is 0.0123. The molecule has 2 rings (SSSR count). The van der Waals surface area contributed by atoms with Gasteiger partial charge in [-0.2, -0.15) is 0 Å². The number of esters is 1. The fraction of sp³-hybridized carbons (Fsp3) is 0.176. The number of carbonyl (C=O) groups is 2. The number of benzene rings is 2. The summed E-state index contributed by atoms with van der Waals surface area (Å²) in [6.07, 6.45) is 0. The topological polar surface area (TPSA) is 55.4 Å². The summed E-state index contributed by atoms with van der Waals surface area (Å²) in [4.78, 5) is 24.5. The first kappa shape index (κ1) is 17.9. The molecular formula is C17H15F2NO3S. The largest absolute Gasteiger partial charge is 0.468 e. The maximum Gasteiger partial charge on any atom is 0.318 e. The molecule has 2 aromatic carbocycles. The van der Waals surface area contributed by atoms with E-state index in [1.807, 2.05) is 0 Å². The van der Waals surface area contributed by atoms with E-state index in [9.17, 15) is 18.4 Å². The Morgan fingerprint density at radius 3 is 2.38 bits per heavy atom. The van der Waals surface area contributed by atoms with Gasteiger partial charge >= 0.3 is 5.97 Å². The highest BCUT2D eigenvalue weighted by Gasteiger charge is 2.19. The average Bonchev–Trinajstić information content (AvgIpc) is 2.53. The molecule has 1 atom stereocenters. The molecule has 0 aliphatic rings. The van der Waals surface area contributed by atoms with Gasteiger partial charge in [0.05, 0.1) is 12.7 Å². The molecule has 4 nitrogen and oxygen atoms in total. The van der Waals surface area contributed by atoms with Gasteiger partial charge in [0.25, 0.3) is 5.91 Å². The Hall–Kier alpha value is -2.41. The Balaban J connectivity index is 2.22. The Morgan fingerprint density at radius 2 is 1.75 bits per heavy atom. The highest BCUT2D eigenvalue weighted by molar-refractivity contribution is 8.00. The van der Waals surface area contributed by atoms with E-state index in [0.29, 0.717) is 10.5 Å². The van der Waals surface area contributed by atoms with E-state index in [1.54, 1.807) is 31.2 Å². The lowest BCUT2D eigenvalue weighted by molar-refractivity contribution is -0.139. The number of methoxy groups -OCH3 is 1. The quantitative estimate of drug-likeness (QED) is 0.656. The monoisotopic (exact) mass is 351 g/mol. The zero-order chi connectivity index (χ0) is 17.7. The van der Waals surface area contributed by atoms with E-state index >= 15 is 0 Å². The van der Waals surface area contributed by atoms with Gasteiger partial charge in [-0.3, -0.25) is 9.59 Å². The molecule has 0 aliphatic heterocycles. The number of anilines is 1. The second kappa shape index (κ2) is 7.92. The van der Waals surface area contributed by atoms with Gasteiger partial charge in [0.15, 0.2) is 0 Å². The number of amides is 1. The van der Waals surface area contributed by atoms with Crippen molar-refractivity contribution in [1.29, 1.82) is 0 Å². The third-order valence-corrected chi connectivity index (χ3v) is 4.24. The Labute approximate surface area is 142 Å². The van der Waals surface area contributed by atoms with Gasteiger partial charge in [0, 0.05) is 16.6 Å². The number of ether oxygens (including phenoxy) is 1. The third-order valence-electron chi connectivity index (χ3n) is 3.09. The minimum atomic E-state index is -0.785. The Bertz CT molecular complexity index is 747. The van der Waals surface area contributed by atoms with Crippen LogP contribution in [0.15, 0.2) is 47.4 Å². The van der Waals surface area contributed by atoms with Crippen molar-refractivity contribution in [1.82, 2.24) is 0 Å². The van der Waals surface area contributed by atoms with Crippen LogP contribution >= 0.6 is 11.8 Å². The summed E-state index contributed by atoms with van der Waals surface area (Å²) in [5.74, 6) is -2.51. The number of rotatable bonds is 5. The number of carbonyl (C=O) groups excluding carboxylic acids is 2. The van der Waals surface area contributed by atoms with Crippen LogP contribution in [0, 0.1) is 11.6 Å². The van der Waals surface area contributed by atoms with Crippen LogP contribution < -0.4 is 5.32 Å². The lowest BCUT2D eigenvalue weighted by Crippen LogP contribution is -2.17. The van der Waals surface area contributed by atoms with Crippen LogP contribution in [0.1, 0.15) is 17.3 Å². The van der Waals surface area contributed by atoms with Gasteiger partial charge in [0.2, 0.25) is 0 Å². The molecule has 0 saturated carbocycles. The molecule has 1 N–H and O–H groups in total. The van der Waals surface area contributed by atoms with Gasteiger partial charge in [-0.1, -0.05) is 12.1 Å². The van der Waals surface area contributed by atoms with Crippen LogP contribution in [-0.4, -0.2) is 24.2 Å². The third kappa shape index (κ3) is 4.55. The molecule has 0 bridgehead atoms. The first-order valence-electron chi connectivity index (χ1n) is 7.01. The number of hydrogen-bond acceptors (Lipinski definition) is 4. The van der Waals surface area contributed by atoms with Crippen LogP contribution in [0.3, 0.4) is 0 Å². The summed E-state index contributed by atoms with van der Waals surface area (Å²) in [6.45, 7) is 1.66. The van der Waals surface area contributed by atoms with E-state index in [-0.39, 0.29) is 5.69 Å². The standard InChI is InChI=1S/C17H15F2NO3S/c1-10(17(22)23-2)24-15-6-4-3-5-14(15)16(21)20-13-8-11(18)7-12(19)9-13/h3-10H,1-2H3,(H,20,21). The van der Waals surface area contributed by atoms with E-state index in [1.165, 1.54) is 7.11 Å². The SMILES string of the molecule is COC(=O)C(C)Sc1ccccc1C(=O)Nc1cc(F)cc(F)c1. The normalized spacial score (nSPS) is 11.7. The molecule has 0 spiro atoms. The molecule has 2 aromatic rings. The van der Waals surface area contributed by atoms with Crippen LogP contribution in [-0.2, 0) is 9.53 Å². The number of thioether (sulfide) groups is 1. The van der Waals surface area contributed by atoms with Gasteiger partial charge in [0.1, 0.15) is 16.9 Å². The van der Waals surface area contributed by atoms with Gasteiger partial charge < -0.3 is 10.1 Å². The molecule has 0 fully saturated rings. The van der Waals surface area contributed by atoms with Crippen LogP contribution in [0.2, 0.25) is 0 Å². The molecule has 0 radical (unpaired) electrons. The van der Waals surface area contributed by atoms with Crippen molar-refractivity contribution in [3.05, 3.63) is 59.7 Å². The van der Waals surface area contributed by atoms with Crippen LogP contribution in [0.4, 0.5) is 14.5 Å². The maximum absolute atomic E-state index is 13.2. The van der Waals surface area contributed by atoms with E-state index in [2.05, 4.69) is 10.1 Å². The highest BCUT2D eigenvalue weighted by Crippen LogP contribution is 2.28. The smallest absolute Gasteiger partial charge is 0.318 e. The van der Waals surface area contributed by atoms with Gasteiger partial charge in [-0.25, -0.2) is 8.78 Å². The number of nitrogens with one attached hydrogen (secondary N) is 1. The summed E-state index contributed by atoms with van der Waals surface area (Å²) < 4.78 is 31.1. The fourth-order valence-electron chi connectivity index (χ4n) is 1.99. The molecule has 24 heavy (non-hydrogen) atoms. The number of hydrogen-bond donors (Lipinski definition) is 1. The summed E-state index contributed by atoms with van der Waals surface area (Å²) >= 11 is 1.16. The second-order valence-electron chi connectivity index (χ2n) is 4.89. The van der Waals surface area contributed by atoms with Crippen molar-refractivity contribution in [2.75, 3.05) is 12.4 Å². The first-order chi connectivity index (χ1) is 11.4. The Morgan fingerprint density at radius 1 is 1.12 bits per heavy atom. The highest BCUT2D eigenvalue weighted by atomic mass is 32.2. The molecule has 1 unspecified atom stereocenters. The van der Waals surface area contributed by atoms with Crippen LogP contribution in [0.5, 0.6) is 0 Å². The maximum atomic E-state index is 13.2. The first-order valence-corrected chi connectivity index (χ1v) is 7.89. The van der Waals surface area contributed by atoms with Crippen molar-refractivity contribution < 1.29 is 23.1 Å². The van der Waals surface area contributed by atoms with Crippen molar-refractivity contribution in [3.63, 3.8) is 0 Å². The number of halogens is 2. The van der Waals surface area contributed by atoms with Crippen molar-refractivity contribution in [2.24, 2.45) is 0 Å². The predicted molar refractivity (Wildman–Crippen MR) is 88.1 cm³/mol. The molecule has 0 aliphatic carbocycles. The molecule has 0 saturated heterocycles. The van der Waals surface area contributed by atoms with Crippen LogP contribution in [0.25, 0.3) is 0 Å². The molecule has 7 heteroatoms. The van der Waals surface area contributed by atoms with E-state index < -0.39 is 28.8 Å². The molecule has 0 heterocycles. The van der Waals surface area contributed by atoms with Crippen molar-refractivity contribution in [2.45, 2.75) is 17.1 Å². The molecule has 0 aromatic heterocycles. The Kier molecular flexibility index (Phi) is 5.92.